The number of ether oxygens (including phenoxy) is 1. The van der Waals surface area contributed by atoms with E-state index in [1.165, 1.54) is 19.1 Å². The van der Waals surface area contributed by atoms with E-state index in [-0.39, 0.29) is 11.4 Å². The largest absolute Gasteiger partial charge is 0.494 e. The van der Waals surface area contributed by atoms with Gasteiger partial charge in [0.25, 0.3) is 17.7 Å². The summed E-state index contributed by atoms with van der Waals surface area (Å²) in [5.41, 5.74) is 1.02. The Balaban J connectivity index is 2.07. The van der Waals surface area contributed by atoms with Crippen LogP contribution in [0.1, 0.15) is 34.6 Å². The second kappa shape index (κ2) is 6.97. The van der Waals surface area contributed by atoms with Gasteiger partial charge in [-0.25, -0.2) is 4.90 Å². The summed E-state index contributed by atoms with van der Waals surface area (Å²) < 4.78 is 5.45. The number of nitrogens with zero attached hydrogens (tertiary/aromatic N) is 1. The lowest BCUT2D eigenvalue weighted by molar-refractivity contribution is -0.123. The summed E-state index contributed by atoms with van der Waals surface area (Å²) in [5.74, 6) is -1.15. The van der Waals surface area contributed by atoms with Crippen LogP contribution in [0.2, 0.25) is 0 Å². The number of fused-ring (bicyclic) bond motifs is 1. The zero-order valence-electron chi connectivity index (χ0n) is 14.4. The standard InChI is InChI=1S/C19H18N2O5/c1-3-26-12-8-9-15(20-17(23)11(2)22)16(10-12)21-18(24)13-6-4-5-7-14(13)19(21)25/h4-11,22H,3H2,1-2H3,(H,20,23). The van der Waals surface area contributed by atoms with Crippen LogP contribution in [0.25, 0.3) is 0 Å². The summed E-state index contributed by atoms with van der Waals surface area (Å²) in [4.78, 5) is 38.4. The van der Waals surface area contributed by atoms with E-state index in [2.05, 4.69) is 5.32 Å². The van der Waals surface area contributed by atoms with Gasteiger partial charge in [0.2, 0.25) is 0 Å². The van der Waals surface area contributed by atoms with Crippen molar-refractivity contribution in [2.45, 2.75) is 20.0 Å². The molecular formula is C19H18N2O5. The molecule has 26 heavy (non-hydrogen) atoms. The van der Waals surface area contributed by atoms with Gasteiger partial charge in [-0.2, -0.15) is 0 Å². The minimum absolute atomic E-state index is 0.191. The second-order valence-electron chi connectivity index (χ2n) is 5.77. The van der Waals surface area contributed by atoms with Gasteiger partial charge in [0.05, 0.1) is 29.1 Å². The van der Waals surface area contributed by atoms with E-state index in [1.54, 1.807) is 30.3 Å². The first-order valence-electron chi connectivity index (χ1n) is 8.17. The smallest absolute Gasteiger partial charge is 0.266 e. The Morgan fingerprint density at radius 2 is 1.77 bits per heavy atom. The minimum Gasteiger partial charge on any atom is -0.494 e. The van der Waals surface area contributed by atoms with Gasteiger partial charge in [-0.1, -0.05) is 12.1 Å². The Labute approximate surface area is 150 Å². The third-order valence-electron chi connectivity index (χ3n) is 3.95. The molecule has 0 spiro atoms. The highest BCUT2D eigenvalue weighted by Crippen LogP contribution is 2.36. The molecule has 2 N–H and O–H groups in total. The van der Waals surface area contributed by atoms with Crippen LogP contribution in [0.15, 0.2) is 42.5 Å². The van der Waals surface area contributed by atoms with Crippen molar-refractivity contribution in [3.63, 3.8) is 0 Å². The van der Waals surface area contributed by atoms with Crippen molar-refractivity contribution < 1.29 is 24.2 Å². The zero-order chi connectivity index (χ0) is 18.8. The van der Waals surface area contributed by atoms with Crippen LogP contribution in [0.5, 0.6) is 5.75 Å². The molecule has 0 aliphatic carbocycles. The van der Waals surface area contributed by atoms with E-state index in [9.17, 15) is 19.5 Å². The van der Waals surface area contributed by atoms with Gasteiger partial charge >= 0.3 is 0 Å². The lowest BCUT2D eigenvalue weighted by Crippen LogP contribution is -2.32. The number of hydrogen-bond acceptors (Lipinski definition) is 5. The molecular weight excluding hydrogens is 336 g/mol. The van der Waals surface area contributed by atoms with Gasteiger partial charge in [-0.05, 0) is 38.1 Å². The number of carbonyl (C=O) groups is 3. The van der Waals surface area contributed by atoms with E-state index >= 15 is 0 Å². The quantitative estimate of drug-likeness (QED) is 0.803. The topological polar surface area (TPSA) is 95.9 Å². The molecule has 0 saturated heterocycles. The first-order chi connectivity index (χ1) is 12.4. The van der Waals surface area contributed by atoms with Crippen LogP contribution in [-0.4, -0.2) is 35.5 Å². The summed E-state index contributed by atoms with van der Waals surface area (Å²) in [6.45, 7) is 3.54. The lowest BCUT2D eigenvalue weighted by Gasteiger charge is -2.20. The Morgan fingerprint density at radius 1 is 1.15 bits per heavy atom. The maximum absolute atomic E-state index is 12.8. The number of carbonyl (C=O) groups excluding carboxylic acids is 3. The van der Waals surface area contributed by atoms with Gasteiger partial charge in [-0.15, -0.1) is 0 Å². The molecule has 1 atom stereocenters. The number of rotatable bonds is 5. The number of benzene rings is 2. The highest BCUT2D eigenvalue weighted by atomic mass is 16.5. The van der Waals surface area contributed by atoms with Gasteiger partial charge in [0, 0.05) is 6.07 Å². The molecule has 1 heterocycles. The number of nitrogens with one attached hydrogen (secondary N) is 1. The predicted molar refractivity (Wildman–Crippen MR) is 95.5 cm³/mol. The number of imide groups is 1. The minimum atomic E-state index is -1.24. The average molecular weight is 354 g/mol. The Morgan fingerprint density at radius 3 is 2.31 bits per heavy atom. The van der Waals surface area contributed by atoms with E-state index in [0.29, 0.717) is 23.5 Å². The first-order valence-corrected chi connectivity index (χ1v) is 8.17. The third-order valence-corrected chi connectivity index (χ3v) is 3.95. The fraction of sp³-hybridized carbons (Fsp3) is 0.211. The van der Waals surface area contributed by atoms with Crippen molar-refractivity contribution in [1.29, 1.82) is 0 Å². The van der Waals surface area contributed by atoms with Gasteiger partial charge in [0.15, 0.2) is 0 Å². The van der Waals surface area contributed by atoms with E-state index in [4.69, 9.17) is 4.74 Å². The Hall–Kier alpha value is -3.19. The number of hydrogen-bond donors (Lipinski definition) is 2. The molecule has 1 aliphatic heterocycles. The lowest BCUT2D eigenvalue weighted by atomic mass is 10.1. The van der Waals surface area contributed by atoms with Crippen molar-refractivity contribution in [2.75, 3.05) is 16.8 Å². The number of anilines is 2. The molecule has 7 heteroatoms. The molecule has 3 rings (SSSR count). The molecule has 7 nitrogen and oxygen atoms in total. The van der Waals surface area contributed by atoms with Gasteiger partial charge in [0.1, 0.15) is 11.9 Å². The van der Waals surface area contributed by atoms with Crippen molar-refractivity contribution in [2.24, 2.45) is 0 Å². The molecule has 0 saturated carbocycles. The SMILES string of the molecule is CCOc1ccc(NC(=O)C(C)O)c(N2C(=O)c3ccccc3C2=O)c1. The van der Waals surface area contributed by atoms with Crippen LogP contribution >= 0.6 is 0 Å². The highest BCUT2D eigenvalue weighted by Gasteiger charge is 2.37. The maximum atomic E-state index is 12.8. The molecule has 2 aromatic carbocycles. The monoisotopic (exact) mass is 354 g/mol. The van der Waals surface area contributed by atoms with E-state index < -0.39 is 23.8 Å². The molecule has 1 aliphatic rings. The van der Waals surface area contributed by atoms with Crippen molar-refractivity contribution in [1.82, 2.24) is 0 Å². The Kier molecular flexibility index (Phi) is 4.73. The van der Waals surface area contributed by atoms with Crippen LogP contribution in [0, 0.1) is 0 Å². The van der Waals surface area contributed by atoms with Crippen LogP contribution in [0.4, 0.5) is 11.4 Å². The van der Waals surface area contributed by atoms with Gasteiger partial charge < -0.3 is 15.2 Å². The van der Waals surface area contributed by atoms with Crippen molar-refractivity contribution in [3.8, 4) is 5.75 Å². The van der Waals surface area contributed by atoms with Crippen LogP contribution in [-0.2, 0) is 4.79 Å². The van der Waals surface area contributed by atoms with Gasteiger partial charge in [-0.3, -0.25) is 14.4 Å². The van der Waals surface area contributed by atoms with Crippen molar-refractivity contribution >= 4 is 29.1 Å². The average Bonchev–Trinajstić information content (AvgIpc) is 2.88. The molecule has 0 radical (unpaired) electrons. The van der Waals surface area contributed by atoms with Crippen molar-refractivity contribution in [3.05, 3.63) is 53.6 Å². The third kappa shape index (κ3) is 3.04. The molecule has 0 fully saturated rings. The number of aliphatic hydroxyl groups is 1. The molecule has 2 aromatic rings. The Bertz CT molecular complexity index is 856. The summed E-state index contributed by atoms with van der Waals surface area (Å²) in [6, 6.07) is 11.2. The van der Waals surface area contributed by atoms with Crippen LogP contribution < -0.4 is 15.0 Å². The molecule has 1 unspecified atom stereocenters. The predicted octanol–water partition coefficient (Wildman–Crippen LogP) is 2.21. The number of amides is 3. The zero-order valence-corrected chi connectivity index (χ0v) is 14.4. The van der Waals surface area contributed by atoms with E-state index in [0.717, 1.165) is 4.90 Å². The molecule has 134 valence electrons. The summed E-state index contributed by atoms with van der Waals surface area (Å²) >= 11 is 0. The second-order valence-corrected chi connectivity index (χ2v) is 5.77. The fourth-order valence-electron chi connectivity index (χ4n) is 2.70. The number of aliphatic hydroxyl groups excluding tert-OH is 1. The summed E-state index contributed by atoms with van der Waals surface area (Å²) in [7, 11) is 0. The normalized spacial score (nSPS) is 14.2. The molecule has 0 bridgehead atoms. The summed E-state index contributed by atoms with van der Waals surface area (Å²) in [6.07, 6.45) is -1.24. The first kappa shape index (κ1) is 17.6. The van der Waals surface area contributed by atoms with E-state index in [1.807, 2.05) is 6.92 Å². The maximum Gasteiger partial charge on any atom is 0.266 e. The summed E-state index contributed by atoms with van der Waals surface area (Å²) in [5, 5.41) is 12.0. The molecule has 3 amide bonds. The highest BCUT2D eigenvalue weighted by molar-refractivity contribution is 6.35. The molecule has 0 aromatic heterocycles. The van der Waals surface area contributed by atoms with Crippen LogP contribution in [0.3, 0.4) is 0 Å². The fourth-order valence-corrected chi connectivity index (χ4v) is 2.70.